The van der Waals surface area contributed by atoms with Crippen molar-refractivity contribution in [2.24, 2.45) is 0 Å². The molecular formula is C19H22NO4+. The first-order valence-corrected chi connectivity index (χ1v) is 8.14. The van der Waals surface area contributed by atoms with E-state index in [0.29, 0.717) is 16.9 Å². The Hall–Kier alpha value is -2.40. The first-order chi connectivity index (χ1) is 11.3. The molecule has 0 radical (unpaired) electrons. The fourth-order valence-electron chi connectivity index (χ4n) is 4.25. The lowest BCUT2D eigenvalue weighted by atomic mass is 9.75. The van der Waals surface area contributed by atoms with Crippen LogP contribution in [0.5, 0.6) is 23.0 Å². The van der Waals surface area contributed by atoms with Gasteiger partial charge in [0, 0.05) is 29.5 Å². The summed E-state index contributed by atoms with van der Waals surface area (Å²) in [4.78, 5) is 0. The van der Waals surface area contributed by atoms with Gasteiger partial charge in [-0.25, -0.2) is 0 Å². The molecule has 1 aliphatic carbocycles. The van der Waals surface area contributed by atoms with Crippen molar-refractivity contribution in [3.8, 4) is 34.1 Å². The van der Waals surface area contributed by atoms with Gasteiger partial charge in [-0.15, -0.1) is 0 Å². The predicted molar refractivity (Wildman–Crippen MR) is 90.5 cm³/mol. The van der Waals surface area contributed by atoms with Crippen LogP contribution in [-0.4, -0.2) is 47.6 Å². The minimum atomic E-state index is -0.174. The van der Waals surface area contributed by atoms with Gasteiger partial charge in [0.05, 0.1) is 27.7 Å². The van der Waals surface area contributed by atoms with E-state index in [0.717, 1.165) is 40.6 Å². The molecule has 1 aliphatic heterocycles. The molecule has 2 aromatic carbocycles. The molecule has 2 aromatic rings. The number of phenolic OH excluding ortho intramolecular Hbond substituents is 3. The summed E-state index contributed by atoms with van der Waals surface area (Å²) in [5.74, 6) is 0.0932. The molecule has 3 N–H and O–H groups in total. The van der Waals surface area contributed by atoms with Gasteiger partial charge in [0.15, 0.2) is 23.0 Å². The maximum atomic E-state index is 10.8. The van der Waals surface area contributed by atoms with Crippen molar-refractivity contribution in [1.82, 2.24) is 0 Å². The van der Waals surface area contributed by atoms with Crippen LogP contribution in [0, 0.1) is 0 Å². The zero-order valence-corrected chi connectivity index (χ0v) is 14.1. The number of aromatic hydroxyl groups is 3. The van der Waals surface area contributed by atoms with Gasteiger partial charge in [-0.1, -0.05) is 6.07 Å². The molecule has 0 spiro atoms. The molecular weight excluding hydrogens is 306 g/mol. The molecule has 5 nitrogen and oxygen atoms in total. The minimum Gasteiger partial charge on any atom is -0.504 e. The van der Waals surface area contributed by atoms with Crippen molar-refractivity contribution in [2.75, 3.05) is 27.7 Å². The SMILES string of the molecule is COc1cc2c3c(c1O)-c1c(ccc(O)c1O)CC3[N+](C)(C)CC2. The van der Waals surface area contributed by atoms with Crippen LogP contribution in [0.1, 0.15) is 22.7 Å². The van der Waals surface area contributed by atoms with Crippen LogP contribution >= 0.6 is 0 Å². The Balaban J connectivity index is 2.13. The number of quaternary nitrogens is 1. The van der Waals surface area contributed by atoms with E-state index in [1.165, 1.54) is 13.2 Å². The van der Waals surface area contributed by atoms with E-state index in [-0.39, 0.29) is 23.3 Å². The van der Waals surface area contributed by atoms with Gasteiger partial charge < -0.3 is 24.5 Å². The average molecular weight is 328 g/mol. The van der Waals surface area contributed by atoms with Crippen molar-refractivity contribution >= 4 is 0 Å². The van der Waals surface area contributed by atoms with Crippen LogP contribution in [0.2, 0.25) is 0 Å². The Bertz CT molecular complexity index is 857. The highest BCUT2D eigenvalue weighted by atomic mass is 16.5. The smallest absolute Gasteiger partial charge is 0.166 e. The van der Waals surface area contributed by atoms with Crippen LogP contribution < -0.4 is 4.74 Å². The number of phenols is 3. The van der Waals surface area contributed by atoms with Crippen LogP contribution in [0.25, 0.3) is 11.1 Å². The molecule has 4 rings (SSSR count). The van der Waals surface area contributed by atoms with Crippen LogP contribution in [0.15, 0.2) is 18.2 Å². The van der Waals surface area contributed by atoms with Gasteiger partial charge in [0.1, 0.15) is 6.04 Å². The lowest BCUT2D eigenvalue weighted by Gasteiger charge is -2.46. The van der Waals surface area contributed by atoms with E-state index in [4.69, 9.17) is 4.74 Å². The Labute approximate surface area is 140 Å². The number of hydrogen-bond acceptors (Lipinski definition) is 4. The molecule has 5 heteroatoms. The maximum Gasteiger partial charge on any atom is 0.166 e. The van der Waals surface area contributed by atoms with Crippen molar-refractivity contribution in [1.29, 1.82) is 0 Å². The molecule has 24 heavy (non-hydrogen) atoms. The van der Waals surface area contributed by atoms with E-state index in [2.05, 4.69) is 14.1 Å². The van der Waals surface area contributed by atoms with Gasteiger partial charge in [-0.3, -0.25) is 0 Å². The Morgan fingerprint density at radius 1 is 1.04 bits per heavy atom. The summed E-state index contributed by atoms with van der Waals surface area (Å²) in [7, 11) is 5.92. The lowest BCUT2D eigenvalue weighted by molar-refractivity contribution is -0.923. The Kier molecular flexibility index (Phi) is 3.03. The summed E-state index contributed by atoms with van der Waals surface area (Å²) >= 11 is 0. The summed E-state index contributed by atoms with van der Waals surface area (Å²) in [6.45, 7) is 1.00. The van der Waals surface area contributed by atoms with Gasteiger partial charge >= 0.3 is 0 Å². The van der Waals surface area contributed by atoms with Crippen molar-refractivity contribution in [3.63, 3.8) is 0 Å². The molecule has 0 saturated carbocycles. The number of fused-ring (bicyclic) bond motifs is 2. The quantitative estimate of drug-likeness (QED) is 0.556. The molecule has 0 aromatic heterocycles. The molecule has 0 fully saturated rings. The molecule has 1 unspecified atom stereocenters. The second kappa shape index (κ2) is 4.80. The number of hydrogen-bond donors (Lipinski definition) is 3. The van der Waals surface area contributed by atoms with Gasteiger partial charge in [0.2, 0.25) is 0 Å². The van der Waals surface area contributed by atoms with Gasteiger partial charge in [0.25, 0.3) is 0 Å². The van der Waals surface area contributed by atoms with Gasteiger partial charge in [-0.2, -0.15) is 0 Å². The summed E-state index contributed by atoms with van der Waals surface area (Å²) in [6.07, 6.45) is 1.65. The molecule has 126 valence electrons. The topological polar surface area (TPSA) is 69.9 Å². The predicted octanol–water partition coefficient (Wildman–Crippen LogP) is 2.71. The van der Waals surface area contributed by atoms with Crippen molar-refractivity contribution in [3.05, 3.63) is 34.9 Å². The number of nitrogens with zero attached hydrogens (tertiary/aromatic N) is 1. The monoisotopic (exact) mass is 328 g/mol. The second-order valence-electron chi connectivity index (χ2n) is 7.31. The van der Waals surface area contributed by atoms with Crippen molar-refractivity contribution < 1.29 is 24.5 Å². The molecule has 0 amide bonds. The van der Waals surface area contributed by atoms with Crippen molar-refractivity contribution in [2.45, 2.75) is 18.9 Å². The zero-order chi connectivity index (χ0) is 17.2. The van der Waals surface area contributed by atoms with Crippen LogP contribution in [0.3, 0.4) is 0 Å². The highest BCUT2D eigenvalue weighted by molar-refractivity contribution is 5.87. The number of benzene rings is 2. The standard InChI is InChI=1S/C19H21NO4/c1-20(2)7-6-11-9-14(24-3)19(23)17-15(11)12(20)8-10-4-5-13(21)18(22)16(10)17/h4-5,9,12H,6-8H2,1-3H3,(H2-,21,22,23)/p+1. The maximum absolute atomic E-state index is 10.8. The summed E-state index contributed by atoms with van der Waals surface area (Å²) in [5.41, 5.74) is 4.29. The first-order valence-electron chi connectivity index (χ1n) is 8.14. The number of ether oxygens (including phenoxy) is 1. The fraction of sp³-hybridized carbons (Fsp3) is 0.368. The Morgan fingerprint density at radius 2 is 1.79 bits per heavy atom. The third-order valence-corrected chi connectivity index (χ3v) is 5.65. The van der Waals surface area contributed by atoms with Crippen LogP contribution in [-0.2, 0) is 12.8 Å². The fourth-order valence-corrected chi connectivity index (χ4v) is 4.25. The lowest BCUT2D eigenvalue weighted by Crippen LogP contribution is -2.49. The molecule has 0 bridgehead atoms. The summed E-state index contributed by atoms with van der Waals surface area (Å²) < 4.78 is 6.18. The minimum absolute atomic E-state index is 0.0324. The van der Waals surface area contributed by atoms with E-state index < -0.39 is 0 Å². The Morgan fingerprint density at radius 3 is 2.50 bits per heavy atom. The van der Waals surface area contributed by atoms with E-state index >= 15 is 0 Å². The molecule has 0 saturated heterocycles. The summed E-state index contributed by atoms with van der Waals surface area (Å²) in [5, 5.41) is 31.2. The highest BCUT2D eigenvalue weighted by Crippen LogP contribution is 2.56. The second-order valence-corrected chi connectivity index (χ2v) is 7.31. The number of methoxy groups -OCH3 is 1. The van der Waals surface area contributed by atoms with Gasteiger partial charge in [-0.05, 0) is 23.3 Å². The average Bonchev–Trinajstić information content (AvgIpc) is 2.55. The van der Waals surface area contributed by atoms with E-state index in [9.17, 15) is 15.3 Å². The number of likely N-dealkylation sites (N-methyl/N-ethyl adjacent to an activating group) is 1. The van der Waals surface area contributed by atoms with E-state index in [1.807, 2.05) is 12.1 Å². The summed E-state index contributed by atoms with van der Waals surface area (Å²) in [6, 6.07) is 5.46. The largest absolute Gasteiger partial charge is 0.504 e. The number of rotatable bonds is 1. The first kappa shape index (κ1) is 15.1. The zero-order valence-electron chi connectivity index (χ0n) is 14.1. The highest BCUT2D eigenvalue weighted by Gasteiger charge is 2.43. The third kappa shape index (κ3) is 1.85. The van der Waals surface area contributed by atoms with E-state index in [1.54, 1.807) is 0 Å². The van der Waals surface area contributed by atoms with Crippen LogP contribution in [0.4, 0.5) is 0 Å². The molecule has 1 atom stereocenters. The third-order valence-electron chi connectivity index (χ3n) is 5.65. The normalized spacial score (nSPS) is 20.2. The molecule has 1 heterocycles. The molecule has 2 aliphatic rings.